The zero-order valence-electron chi connectivity index (χ0n) is 18.2. The molecule has 3 aliphatic rings. The Morgan fingerprint density at radius 3 is 2.78 bits per heavy atom. The van der Waals surface area contributed by atoms with Crippen LogP contribution in [0.15, 0.2) is 53.3 Å². The summed E-state index contributed by atoms with van der Waals surface area (Å²) in [7, 11) is 0. The Hall–Kier alpha value is -2.93. The van der Waals surface area contributed by atoms with E-state index >= 15 is 0 Å². The summed E-state index contributed by atoms with van der Waals surface area (Å²) in [5.41, 5.74) is 2.61. The van der Waals surface area contributed by atoms with E-state index in [1.807, 2.05) is 12.3 Å². The molecule has 0 radical (unpaired) electrons. The van der Waals surface area contributed by atoms with Gasteiger partial charge in [0, 0.05) is 42.6 Å². The third-order valence-corrected chi connectivity index (χ3v) is 7.86. The third kappa shape index (κ3) is 3.26. The first kappa shape index (κ1) is 19.7. The molecular weight excluding hydrogens is 402 g/mol. The van der Waals surface area contributed by atoms with Crippen molar-refractivity contribution in [1.82, 2.24) is 25.0 Å². The van der Waals surface area contributed by atoms with Gasteiger partial charge in [-0.2, -0.15) is 0 Å². The molecule has 7 heteroatoms. The number of hydrogen-bond acceptors (Lipinski definition) is 5. The van der Waals surface area contributed by atoms with Crippen LogP contribution < -0.4 is 5.32 Å². The first-order chi connectivity index (χ1) is 15.7. The van der Waals surface area contributed by atoms with Crippen molar-refractivity contribution in [3.63, 3.8) is 0 Å². The highest BCUT2D eigenvalue weighted by Crippen LogP contribution is 2.46. The number of likely N-dealkylation sites (tertiary alicyclic amines) is 1. The lowest BCUT2D eigenvalue weighted by Crippen LogP contribution is -2.45. The number of carbonyl (C=O) groups is 1. The van der Waals surface area contributed by atoms with Crippen LogP contribution >= 0.6 is 0 Å². The van der Waals surface area contributed by atoms with Crippen molar-refractivity contribution in [2.45, 2.75) is 69.1 Å². The Kier molecular flexibility index (Phi) is 4.86. The van der Waals surface area contributed by atoms with Gasteiger partial charge >= 0.3 is 0 Å². The summed E-state index contributed by atoms with van der Waals surface area (Å²) in [5, 5.41) is 11.9. The van der Waals surface area contributed by atoms with Crippen molar-refractivity contribution < 1.29 is 9.21 Å². The van der Waals surface area contributed by atoms with Crippen LogP contribution in [-0.4, -0.2) is 44.2 Å². The maximum atomic E-state index is 13.0. The fourth-order valence-electron chi connectivity index (χ4n) is 5.84. The second-order valence-corrected chi connectivity index (χ2v) is 9.54. The molecule has 1 saturated heterocycles. The molecule has 2 fully saturated rings. The Labute approximate surface area is 187 Å². The van der Waals surface area contributed by atoms with Crippen LogP contribution in [0, 0.1) is 0 Å². The number of nitrogens with zero attached hydrogens (tertiary/aromatic N) is 4. The zero-order valence-corrected chi connectivity index (χ0v) is 18.2. The van der Waals surface area contributed by atoms with Gasteiger partial charge in [-0.25, -0.2) is 0 Å². The van der Waals surface area contributed by atoms with Crippen LogP contribution in [0.25, 0.3) is 0 Å². The fourth-order valence-corrected chi connectivity index (χ4v) is 5.84. The highest BCUT2D eigenvalue weighted by atomic mass is 16.3. The van der Waals surface area contributed by atoms with E-state index in [1.54, 1.807) is 6.26 Å². The molecule has 7 nitrogen and oxygen atoms in total. The summed E-state index contributed by atoms with van der Waals surface area (Å²) in [6.45, 7) is 2.59. The molecule has 2 aromatic heterocycles. The molecule has 1 amide bonds. The number of rotatable bonds is 5. The lowest BCUT2D eigenvalue weighted by molar-refractivity contribution is 0.0897. The molecule has 0 spiro atoms. The highest BCUT2D eigenvalue weighted by Gasteiger charge is 2.50. The van der Waals surface area contributed by atoms with E-state index in [0.717, 1.165) is 57.6 Å². The molecule has 6 rings (SSSR count). The van der Waals surface area contributed by atoms with Gasteiger partial charge in [0.05, 0.1) is 12.5 Å². The molecule has 32 heavy (non-hydrogen) atoms. The second-order valence-electron chi connectivity index (χ2n) is 9.54. The molecule has 2 unspecified atom stereocenters. The number of fused-ring (bicyclic) bond motifs is 2. The minimum atomic E-state index is -0.0833. The van der Waals surface area contributed by atoms with Gasteiger partial charge in [-0.3, -0.25) is 9.69 Å². The minimum absolute atomic E-state index is 0.0351. The van der Waals surface area contributed by atoms with Gasteiger partial charge in [-0.15, -0.1) is 10.2 Å². The average molecular weight is 432 g/mol. The van der Waals surface area contributed by atoms with E-state index in [0.29, 0.717) is 5.82 Å². The molecule has 1 aliphatic carbocycles. The number of carbonyl (C=O) groups excluding carboxylic acids is 1. The van der Waals surface area contributed by atoms with E-state index in [4.69, 9.17) is 4.42 Å². The quantitative estimate of drug-likeness (QED) is 0.671. The van der Waals surface area contributed by atoms with Crippen molar-refractivity contribution in [2.75, 3.05) is 6.54 Å². The third-order valence-electron chi connectivity index (χ3n) is 7.86. The van der Waals surface area contributed by atoms with E-state index in [-0.39, 0.29) is 23.4 Å². The zero-order chi connectivity index (χ0) is 21.5. The predicted molar refractivity (Wildman–Crippen MR) is 119 cm³/mol. The van der Waals surface area contributed by atoms with Crippen molar-refractivity contribution in [3.05, 3.63) is 71.7 Å². The van der Waals surface area contributed by atoms with Crippen molar-refractivity contribution in [1.29, 1.82) is 0 Å². The van der Waals surface area contributed by atoms with Crippen LogP contribution in [0.5, 0.6) is 0 Å². The molecule has 2 aliphatic heterocycles. The first-order valence-electron chi connectivity index (χ1n) is 11.8. The van der Waals surface area contributed by atoms with Crippen molar-refractivity contribution >= 4 is 5.91 Å². The lowest BCUT2D eigenvalue weighted by Gasteiger charge is -2.37. The SMILES string of the molecule is O=C(NC1CCC1)c1nnc2n1CC1N(Cc3ccoc3)CCC1(c1ccccc1)CC2. The summed E-state index contributed by atoms with van der Waals surface area (Å²) < 4.78 is 7.43. The Balaban J connectivity index is 1.36. The molecule has 2 atom stereocenters. The first-order valence-corrected chi connectivity index (χ1v) is 11.8. The second kappa shape index (κ2) is 7.89. The Bertz CT molecular complexity index is 1090. The van der Waals surface area contributed by atoms with Crippen molar-refractivity contribution in [3.8, 4) is 0 Å². The summed E-state index contributed by atoms with van der Waals surface area (Å²) >= 11 is 0. The number of nitrogens with one attached hydrogen (secondary N) is 1. The van der Waals surface area contributed by atoms with Gasteiger partial charge in [0.25, 0.3) is 5.91 Å². The Morgan fingerprint density at radius 1 is 1.16 bits per heavy atom. The number of furan rings is 1. The molecule has 3 aromatic rings. The summed E-state index contributed by atoms with van der Waals surface area (Å²) in [4.78, 5) is 15.6. The summed E-state index contributed by atoms with van der Waals surface area (Å²) in [6, 6.07) is 13.5. The molecule has 1 saturated carbocycles. The van der Waals surface area contributed by atoms with Gasteiger partial charge in [0.15, 0.2) is 0 Å². The van der Waals surface area contributed by atoms with Gasteiger partial charge in [0.2, 0.25) is 5.82 Å². The molecule has 4 heterocycles. The number of amides is 1. The van der Waals surface area contributed by atoms with E-state index in [9.17, 15) is 4.79 Å². The number of hydrogen-bond donors (Lipinski definition) is 1. The lowest BCUT2D eigenvalue weighted by atomic mass is 9.71. The van der Waals surface area contributed by atoms with E-state index < -0.39 is 0 Å². The molecule has 166 valence electrons. The molecule has 1 aromatic carbocycles. The molecule has 0 bridgehead atoms. The molecule has 1 N–H and O–H groups in total. The molecular formula is C25H29N5O2. The van der Waals surface area contributed by atoms with Crippen LogP contribution in [0.2, 0.25) is 0 Å². The van der Waals surface area contributed by atoms with E-state index in [1.165, 1.54) is 17.5 Å². The van der Waals surface area contributed by atoms with Gasteiger partial charge in [0.1, 0.15) is 5.82 Å². The summed E-state index contributed by atoms with van der Waals surface area (Å²) in [5.74, 6) is 1.31. The normalized spacial score (nSPS) is 25.6. The monoisotopic (exact) mass is 431 g/mol. The highest BCUT2D eigenvalue weighted by molar-refractivity contribution is 5.91. The smallest absolute Gasteiger partial charge is 0.289 e. The largest absolute Gasteiger partial charge is 0.472 e. The van der Waals surface area contributed by atoms with Crippen molar-refractivity contribution in [2.24, 2.45) is 0 Å². The number of benzene rings is 1. The van der Waals surface area contributed by atoms with Gasteiger partial charge < -0.3 is 14.3 Å². The maximum absolute atomic E-state index is 13.0. The van der Waals surface area contributed by atoms with Crippen LogP contribution in [0.4, 0.5) is 0 Å². The van der Waals surface area contributed by atoms with E-state index in [2.05, 4.69) is 55.3 Å². The number of aryl methyl sites for hydroxylation is 1. The van der Waals surface area contributed by atoms with Crippen LogP contribution in [0.3, 0.4) is 0 Å². The standard InChI is InChI=1S/C25H29N5O2/c31-24(26-20-7-4-8-20)23-28-27-22-9-11-25(19-5-2-1-3-6-19)12-13-29(21(25)16-30(22)23)15-18-10-14-32-17-18/h1-3,5-6,10,14,17,20-21H,4,7-9,11-13,15-16H2,(H,26,31). The van der Waals surface area contributed by atoms with Crippen LogP contribution in [0.1, 0.15) is 59.7 Å². The van der Waals surface area contributed by atoms with Crippen LogP contribution in [-0.2, 0) is 24.9 Å². The number of aromatic nitrogens is 3. The predicted octanol–water partition coefficient (Wildman–Crippen LogP) is 3.31. The van der Waals surface area contributed by atoms with Gasteiger partial charge in [-0.1, -0.05) is 30.3 Å². The maximum Gasteiger partial charge on any atom is 0.289 e. The summed E-state index contributed by atoms with van der Waals surface area (Å²) in [6.07, 6.45) is 9.82. The Morgan fingerprint density at radius 2 is 2.03 bits per heavy atom. The average Bonchev–Trinajstić information content (AvgIpc) is 3.50. The fraction of sp³-hybridized carbons (Fsp3) is 0.480. The minimum Gasteiger partial charge on any atom is -0.472 e. The topological polar surface area (TPSA) is 76.2 Å². The van der Waals surface area contributed by atoms with Gasteiger partial charge in [-0.05, 0) is 50.3 Å².